The molecule has 6 nitrogen and oxygen atoms in total. The summed E-state index contributed by atoms with van der Waals surface area (Å²) in [6, 6.07) is 13.4. The van der Waals surface area contributed by atoms with E-state index in [0.717, 1.165) is 9.87 Å². The summed E-state index contributed by atoms with van der Waals surface area (Å²) < 4.78 is 30.6. The summed E-state index contributed by atoms with van der Waals surface area (Å²) in [5.41, 5.74) is 1.45. The number of aryl methyl sites for hydroxylation is 1. The van der Waals surface area contributed by atoms with Crippen molar-refractivity contribution < 1.29 is 17.9 Å². The maximum Gasteiger partial charge on any atom is 0.262 e. The third-order valence-corrected chi connectivity index (χ3v) is 5.20. The first-order chi connectivity index (χ1) is 11.3. The fourth-order valence-corrected chi connectivity index (χ4v) is 2.88. The SMILES string of the molecule is Cc1ccccc1OCC(=O)Nc1ccc(S(=O)(=O)N(C)C)cc1. The minimum Gasteiger partial charge on any atom is -0.483 e. The monoisotopic (exact) mass is 348 g/mol. The molecule has 0 radical (unpaired) electrons. The Balaban J connectivity index is 1.96. The summed E-state index contributed by atoms with van der Waals surface area (Å²) in [7, 11) is -0.545. The van der Waals surface area contributed by atoms with Gasteiger partial charge >= 0.3 is 0 Å². The first-order valence-electron chi connectivity index (χ1n) is 7.31. The summed E-state index contributed by atoms with van der Waals surface area (Å²) in [6.07, 6.45) is 0. The van der Waals surface area contributed by atoms with E-state index in [4.69, 9.17) is 4.74 Å². The number of anilines is 1. The second-order valence-electron chi connectivity index (χ2n) is 5.41. The molecule has 0 atom stereocenters. The van der Waals surface area contributed by atoms with E-state index in [-0.39, 0.29) is 17.4 Å². The van der Waals surface area contributed by atoms with Gasteiger partial charge in [0.25, 0.3) is 5.91 Å². The number of nitrogens with one attached hydrogen (secondary N) is 1. The van der Waals surface area contributed by atoms with Crippen LogP contribution < -0.4 is 10.1 Å². The van der Waals surface area contributed by atoms with Crippen molar-refractivity contribution in [3.63, 3.8) is 0 Å². The second kappa shape index (κ2) is 7.46. The van der Waals surface area contributed by atoms with Crippen LogP contribution in [0.1, 0.15) is 5.56 Å². The predicted molar refractivity (Wildman–Crippen MR) is 92.6 cm³/mol. The highest BCUT2D eigenvalue weighted by Gasteiger charge is 2.16. The van der Waals surface area contributed by atoms with Crippen molar-refractivity contribution in [1.82, 2.24) is 4.31 Å². The fourth-order valence-electron chi connectivity index (χ4n) is 1.98. The van der Waals surface area contributed by atoms with Gasteiger partial charge in [-0.3, -0.25) is 4.79 Å². The molecule has 0 aliphatic rings. The molecule has 0 aromatic heterocycles. The van der Waals surface area contributed by atoms with Crippen molar-refractivity contribution in [1.29, 1.82) is 0 Å². The molecule has 0 bridgehead atoms. The lowest BCUT2D eigenvalue weighted by molar-refractivity contribution is -0.118. The van der Waals surface area contributed by atoms with Crippen molar-refractivity contribution in [2.45, 2.75) is 11.8 Å². The van der Waals surface area contributed by atoms with Crippen LogP contribution in [0.3, 0.4) is 0 Å². The Labute approximate surface area is 142 Å². The van der Waals surface area contributed by atoms with Crippen LogP contribution >= 0.6 is 0 Å². The van der Waals surface area contributed by atoms with E-state index < -0.39 is 10.0 Å². The molecule has 0 aliphatic heterocycles. The van der Waals surface area contributed by atoms with Gasteiger partial charge in [0, 0.05) is 19.8 Å². The number of hydrogen-bond donors (Lipinski definition) is 1. The molecule has 0 spiro atoms. The van der Waals surface area contributed by atoms with Crippen LogP contribution in [-0.4, -0.2) is 39.3 Å². The van der Waals surface area contributed by atoms with E-state index in [9.17, 15) is 13.2 Å². The van der Waals surface area contributed by atoms with E-state index in [1.165, 1.54) is 26.2 Å². The molecule has 0 unspecified atom stereocenters. The van der Waals surface area contributed by atoms with Crippen LogP contribution in [0.5, 0.6) is 5.75 Å². The minimum absolute atomic E-state index is 0.122. The number of ether oxygens (including phenoxy) is 1. The number of hydrogen-bond acceptors (Lipinski definition) is 4. The van der Waals surface area contributed by atoms with Crippen LogP contribution in [0.2, 0.25) is 0 Å². The molecule has 1 N–H and O–H groups in total. The largest absolute Gasteiger partial charge is 0.483 e. The maximum atomic E-state index is 12.0. The van der Waals surface area contributed by atoms with Crippen LogP contribution in [0.25, 0.3) is 0 Å². The first kappa shape index (κ1) is 18.0. The van der Waals surface area contributed by atoms with Crippen LogP contribution in [0.15, 0.2) is 53.4 Å². The van der Waals surface area contributed by atoms with Gasteiger partial charge in [0.05, 0.1) is 4.90 Å². The smallest absolute Gasteiger partial charge is 0.262 e. The quantitative estimate of drug-likeness (QED) is 0.869. The second-order valence-corrected chi connectivity index (χ2v) is 7.57. The van der Waals surface area contributed by atoms with E-state index in [0.29, 0.717) is 11.4 Å². The Kier molecular flexibility index (Phi) is 5.58. The highest BCUT2D eigenvalue weighted by atomic mass is 32.2. The molecule has 2 aromatic carbocycles. The van der Waals surface area contributed by atoms with Crippen LogP contribution in [0.4, 0.5) is 5.69 Å². The molecule has 0 saturated carbocycles. The molecule has 24 heavy (non-hydrogen) atoms. The zero-order valence-corrected chi connectivity index (χ0v) is 14.6. The summed E-state index contributed by atoms with van der Waals surface area (Å²) in [5, 5.41) is 2.67. The van der Waals surface area contributed by atoms with E-state index in [1.54, 1.807) is 18.2 Å². The van der Waals surface area contributed by atoms with Crippen molar-refractivity contribution in [2.75, 3.05) is 26.0 Å². The van der Waals surface area contributed by atoms with Gasteiger partial charge in [0.15, 0.2) is 6.61 Å². The topological polar surface area (TPSA) is 75.7 Å². The molecule has 7 heteroatoms. The summed E-state index contributed by atoms with van der Waals surface area (Å²) in [4.78, 5) is 12.1. The Morgan fingerprint density at radius 3 is 2.29 bits per heavy atom. The number of nitrogens with zero attached hydrogens (tertiary/aromatic N) is 1. The van der Waals surface area contributed by atoms with Gasteiger partial charge in [-0.2, -0.15) is 0 Å². The number of sulfonamides is 1. The zero-order valence-electron chi connectivity index (χ0n) is 13.8. The van der Waals surface area contributed by atoms with Gasteiger partial charge in [-0.1, -0.05) is 18.2 Å². The molecule has 0 fully saturated rings. The third kappa shape index (κ3) is 4.33. The average molecular weight is 348 g/mol. The number of rotatable bonds is 6. The Morgan fingerprint density at radius 1 is 1.08 bits per heavy atom. The molecule has 128 valence electrons. The van der Waals surface area contributed by atoms with Gasteiger partial charge in [-0.15, -0.1) is 0 Å². The van der Waals surface area contributed by atoms with Gasteiger partial charge in [0.1, 0.15) is 5.75 Å². The minimum atomic E-state index is -3.48. The molecule has 2 rings (SSSR count). The number of para-hydroxylation sites is 1. The van der Waals surface area contributed by atoms with Gasteiger partial charge in [-0.25, -0.2) is 12.7 Å². The van der Waals surface area contributed by atoms with Gasteiger partial charge < -0.3 is 10.1 Å². The molecule has 0 aliphatic carbocycles. The molecular formula is C17H20N2O4S. The molecule has 0 heterocycles. The lowest BCUT2D eigenvalue weighted by Gasteiger charge is -2.12. The standard InChI is InChI=1S/C17H20N2O4S/c1-13-6-4-5-7-16(13)23-12-17(20)18-14-8-10-15(11-9-14)24(21,22)19(2)3/h4-11H,12H2,1-3H3,(H,18,20). The highest BCUT2D eigenvalue weighted by molar-refractivity contribution is 7.89. The molecule has 2 aromatic rings. The number of benzene rings is 2. The van der Waals surface area contributed by atoms with E-state index >= 15 is 0 Å². The molecule has 1 amide bonds. The Bertz CT molecular complexity index is 815. The van der Waals surface area contributed by atoms with Gasteiger partial charge in [0.2, 0.25) is 10.0 Å². The molecular weight excluding hydrogens is 328 g/mol. The normalized spacial score (nSPS) is 11.3. The zero-order chi connectivity index (χ0) is 17.7. The molecule has 0 saturated heterocycles. The fraction of sp³-hybridized carbons (Fsp3) is 0.235. The van der Waals surface area contributed by atoms with E-state index in [1.807, 2.05) is 25.1 Å². The number of amides is 1. The summed E-state index contributed by atoms with van der Waals surface area (Å²) >= 11 is 0. The van der Waals surface area contributed by atoms with Crippen molar-refractivity contribution >= 4 is 21.6 Å². The average Bonchev–Trinajstić information content (AvgIpc) is 2.54. The van der Waals surface area contributed by atoms with Crippen LogP contribution in [-0.2, 0) is 14.8 Å². The Hall–Kier alpha value is -2.38. The summed E-state index contributed by atoms with van der Waals surface area (Å²) in [5.74, 6) is 0.335. The lowest BCUT2D eigenvalue weighted by atomic mass is 10.2. The van der Waals surface area contributed by atoms with Gasteiger partial charge in [-0.05, 0) is 42.8 Å². The van der Waals surface area contributed by atoms with Crippen molar-refractivity contribution in [3.05, 3.63) is 54.1 Å². The van der Waals surface area contributed by atoms with E-state index in [2.05, 4.69) is 5.32 Å². The number of carbonyl (C=O) groups excluding carboxylic acids is 1. The summed E-state index contributed by atoms with van der Waals surface area (Å²) in [6.45, 7) is 1.78. The predicted octanol–water partition coefficient (Wildman–Crippen LogP) is 2.26. The maximum absolute atomic E-state index is 12.0. The third-order valence-electron chi connectivity index (χ3n) is 3.37. The number of carbonyl (C=O) groups is 1. The van der Waals surface area contributed by atoms with Crippen molar-refractivity contribution in [3.8, 4) is 5.75 Å². The Morgan fingerprint density at radius 2 is 1.71 bits per heavy atom. The van der Waals surface area contributed by atoms with Crippen LogP contribution in [0, 0.1) is 6.92 Å². The first-order valence-corrected chi connectivity index (χ1v) is 8.75. The highest BCUT2D eigenvalue weighted by Crippen LogP contribution is 2.18. The van der Waals surface area contributed by atoms with Crippen molar-refractivity contribution in [2.24, 2.45) is 0 Å². The lowest BCUT2D eigenvalue weighted by Crippen LogP contribution is -2.22.